The minimum Gasteiger partial charge on any atom is -0.477 e. The van der Waals surface area contributed by atoms with Crippen LogP contribution in [0.15, 0.2) is 40.9 Å². The summed E-state index contributed by atoms with van der Waals surface area (Å²) in [5.41, 5.74) is 3.85. The number of carbonyl (C=O) groups is 1. The van der Waals surface area contributed by atoms with Gasteiger partial charge in [0.1, 0.15) is 17.4 Å². The molecule has 4 rings (SSSR count). The van der Waals surface area contributed by atoms with E-state index in [2.05, 4.69) is 38.5 Å². The summed E-state index contributed by atoms with van der Waals surface area (Å²) >= 11 is 3.19. The number of rotatable bonds is 9. The molecule has 0 fully saturated rings. The SMILES string of the molecule is CC(=O)C[C@H](Cc1cc(OCCc2ccc3c(n2)NCCC3)n(C)n1)c1ccc(Br)c(F)c1. The lowest BCUT2D eigenvalue weighted by Gasteiger charge is -2.17. The van der Waals surface area contributed by atoms with E-state index in [1.807, 2.05) is 19.2 Å². The van der Waals surface area contributed by atoms with Gasteiger partial charge in [0.2, 0.25) is 5.88 Å². The molecule has 1 aliphatic heterocycles. The lowest BCUT2D eigenvalue weighted by atomic mass is 9.90. The number of ether oxygens (including phenoxy) is 1. The number of nitrogens with one attached hydrogen (secondary N) is 1. The number of anilines is 1. The predicted molar refractivity (Wildman–Crippen MR) is 129 cm³/mol. The van der Waals surface area contributed by atoms with Crippen LogP contribution in [0.2, 0.25) is 0 Å². The van der Waals surface area contributed by atoms with Crippen LogP contribution in [-0.4, -0.2) is 33.7 Å². The molecule has 0 saturated carbocycles. The Morgan fingerprint density at radius 1 is 1.27 bits per heavy atom. The summed E-state index contributed by atoms with van der Waals surface area (Å²) in [4.78, 5) is 16.6. The molecule has 3 aromatic rings. The lowest BCUT2D eigenvalue weighted by molar-refractivity contribution is -0.117. The molecule has 1 N–H and O–H groups in total. The van der Waals surface area contributed by atoms with E-state index < -0.39 is 0 Å². The van der Waals surface area contributed by atoms with Crippen LogP contribution in [0, 0.1) is 5.82 Å². The Labute approximate surface area is 201 Å². The molecule has 1 aliphatic rings. The average Bonchev–Trinajstić information content (AvgIpc) is 3.13. The first-order valence-corrected chi connectivity index (χ1v) is 12.0. The van der Waals surface area contributed by atoms with E-state index in [1.54, 1.807) is 17.7 Å². The third kappa shape index (κ3) is 5.99. The maximum absolute atomic E-state index is 14.1. The van der Waals surface area contributed by atoms with Crippen molar-refractivity contribution in [2.45, 2.75) is 44.9 Å². The van der Waals surface area contributed by atoms with Gasteiger partial charge in [-0.3, -0.25) is 0 Å². The first-order valence-electron chi connectivity index (χ1n) is 11.2. The normalized spacial score (nSPS) is 13.8. The zero-order valence-electron chi connectivity index (χ0n) is 18.9. The minimum atomic E-state index is -0.336. The van der Waals surface area contributed by atoms with Crippen LogP contribution in [-0.2, 0) is 31.1 Å². The fraction of sp³-hybridized carbons (Fsp3) is 0.400. The van der Waals surface area contributed by atoms with Crippen LogP contribution in [0.5, 0.6) is 5.88 Å². The van der Waals surface area contributed by atoms with Gasteiger partial charge in [0.05, 0.1) is 16.8 Å². The Morgan fingerprint density at radius 2 is 2.12 bits per heavy atom. The van der Waals surface area contributed by atoms with Gasteiger partial charge in [-0.25, -0.2) is 14.1 Å². The van der Waals surface area contributed by atoms with Gasteiger partial charge < -0.3 is 14.8 Å². The molecule has 0 amide bonds. The summed E-state index contributed by atoms with van der Waals surface area (Å²) in [6, 6.07) is 11.1. The first kappa shape index (κ1) is 23.4. The highest BCUT2D eigenvalue weighted by Gasteiger charge is 2.19. The largest absolute Gasteiger partial charge is 0.477 e. The molecule has 2 aromatic heterocycles. The number of hydrogen-bond donors (Lipinski definition) is 1. The summed E-state index contributed by atoms with van der Waals surface area (Å²) in [5, 5.41) is 7.92. The third-order valence-electron chi connectivity index (χ3n) is 5.85. The van der Waals surface area contributed by atoms with Crippen molar-refractivity contribution in [2.75, 3.05) is 18.5 Å². The molecular weight excluding hydrogens is 487 g/mol. The van der Waals surface area contributed by atoms with Crippen LogP contribution in [0.25, 0.3) is 0 Å². The van der Waals surface area contributed by atoms with E-state index >= 15 is 0 Å². The van der Waals surface area contributed by atoms with Crippen molar-refractivity contribution in [1.29, 1.82) is 0 Å². The molecule has 0 spiro atoms. The number of aromatic nitrogens is 3. The standard InChI is InChI=1S/C25H28BrFN4O2/c1-16(32)12-19(18-6-8-22(26)23(27)14-18)13-21-15-24(31(2)30-21)33-11-9-20-7-5-17-4-3-10-28-25(17)29-20/h5-8,14-15,19H,3-4,9-13H2,1-2H3,(H,28,29)/t19-/m1/s1. The number of aryl methyl sites for hydroxylation is 2. The van der Waals surface area contributed by atoms with E-state index in [9.17, 15) is 9.18 Å². The number of pyridine rings is 1. The number of hydrogen-bond acceptors (Lipinski definition) is 5. The van der Waals surface area contributed by atoms with Gasteiger partial charge in [-0.1, -0.05) is 12.1 Å². The Hall–Kier alpha value is -2.74. The maximum atomic E-state index is 14.1. The van der Waals surface area contributed by atoms with Gasteiger partial charge in [-0.05, 0) is 77.4 Å². The summed E-state index contributed by atoms with van der Waals surface area (Å²) < 4.78 is 22.2. The number of fused-ring (bicyclic) bond motifs is 1. The monoisotopic (exact) mass is 514 g/mol. The smallest absolute Gasteiger partial charge is 0.211 e. The zero-order chi connectivity index (χ0) is 23.4. The van der Waals surface area contributed by atoms with Crippen molar-refractivity contribution < 1.29 is 13.9 Å². The second kappa shape index (κ2) is 10.5. The van der Waals surface area contributed by atoms with E-state index in [0.717, 1.165) is 42.2 Å². The van der Waals surface area contributed by atoms with Crippen molar-refractivity contribution in [2.24, 2.45) is 7.05 Å². The number of halogens is 2. The molecule has 0 saturated heterocycles. The number of nitrogens with zero attached hydrogens (tertiary/aromatic N) is 3. The fourth-order valence-corrected chi connectivity index (χ4v) is 4.43. The Balaban J connectivity index is 1.40. The molecule has 0 bridgehead atoms. The minimum absolute atomic E-state index is 0.0581. The van der Waals surface area contributed by atoms with Crippen LogP contribution >= 0.6 is 15.9 Å². The highest BCUT2D eigenvalue weighted by molar-refractivity contribution is 9.10. The average molecular weight is 515 g/mol. The molecule has 0 aliphatic carbocycles. The molecular formula is C25H28BrFN4O2. The summed E-state index contributed by atoms with van der Waals surface area (Å²) in [5.74, 6) is 1.21. The maximum Gasteiger partial charge on any atom is 0.211 e. The predicted octanol–water partition coefficient (Wildman–Crippen LogP) is 5.00. The van der Waals surface area contributed by atoms with Crippen molar-refractivity contribution in [1.82, 2.24) is 14.8 Å². The van der Waals surface area contributed by atoms with Gasteiger partial charge in [0.15, 0.2) is 0 Å². The van der Waals surface area contributed by atoms with Crippen LogP contribution in [0.1, 0.15) is 48.2 Å². The van der Waals surface area contributed by atoms with Crippen molar-refractivity contribution >= 4 is 27.5 Å². The van der Waals surface area contributed by atoms with Crippen LogP contribution < -0.4 is 10.1 Å². The Morgan fingerprint density at radius 3 is 2.91 bits per heavy atom. The van der Waals surface area contributed by atoms with Crippen molar-refractivity contribution in [3.63, 3.8) is 0 Å². The van der Waals surface area contributed by atoms with Gasteiger partial charge in [-0.15, -0.1) is 0 Å². The highest BCUT2D eigenvalue weighted by atomic mass is 79.9. The van der Waals surface area contributed by atoms with Crippen LogP contribution in [0.3, 0.4) is 0 Å². The molecule has 3 heterocycles. The van der Waals surface area contributed by atoms with E-state index in [-0.39, 0.29) is 17.5 Å². The quantitative estimate of drug-likeness (QED) is 0.435. The molecule has 1 atom stereocenters. The topological polar surface area (TPSA) is 69.0 Å². The molecule has 6 nitrogen and oxygen atoms in total. The number of ketones is 1. The highest BCUT2D eigenvalue weighted by Crippen LogP contribution is 2.29. The summed E-state index contributed by atoms with van der Waals surface area (Å²) in [6.07, 6.45) is 3.76. The number of Topliss-reactive ketones (excluding diaryl/α,β-unsaturated/α-hetero) is 1. The number of benzene rings is 1. The van der Waals surface area contributed by atoms with Gasteiger partial charge >= 0.3 is 0 Å². The summed E-state index contributed by atoms with van der Waals surface area (Å²) in [6.45, 7) is 3.01. The third-order valence-corrected chi connectivity index (χ3v) is 6.50. The van der Waals surface area contributed by atoms with E-state index in [4.69, 9.17) is 9.72 Å². The molecule has 174 valence electrons. The van der Waals surface area contributed by atoms with E-state index in [1.165, 1.54) is 11.6 Å². The van der Waals surface area contributed by atoms with E-state index in [0.29, 0.717) is 36.2 Å². The second-order valence-electron chi connectivity index (χ2n) is 8.52. The number of carbonyl (C=O) groups excluding carboxylic acids is 1. The molecule has 8 heteroatoms. The fourth-order valence-electron chi connectivity index (χ4n) is 4.18. The molecule has 0 radical (unpaired) electrons. The van der Waals surface area contributed by atoms with Crippen molar-refractivity contribution in [3.05, 3.63) is 69.2 Å². The molecule has 33 heavy (non-hydrogen) atoms. The second-order valence-corrected chi connectivity index (χ2v) is 9.37. The van der Waals surface area contributed by atoms with Crippen LogP contribution in [0.4, 0.5) is 10.2 Å². The van der Waals surface area contributed by atoms with Gasteiger partial charge in [-0.2, -0.15) is 5.10 Å². The van der Waals surface area contributed by atoms with Gasteiger partial charge in [0.25, 0.3) is 0 Å². The molecule has 0 unspecified atom stereocenters. The Kier molecular flexibility index (Phi) is 7.42. The zero-order valence-corrected chi connectivity index (χ0v) is 20.5. The molecule has 1 aromatic carbocycles. The Bertz CT molecular complexity index is 1150. The van der Waals surface area contributed by atoms with Crippen molar-refractivity contribution in [3.8, 4) is 5.88 Å². The first-order chi connectivity index (χ1) is 15.9. The summed E-state index contributed by atoms with van der Waals surface area (Å²) in [7, 11) is 1.83. The van der Waals surface area contributed by atoms with Gasteiger partial charge in [0, 0.05) is 38.2 Å². The lowest BCUT2D eigenvalue weighted by Crippen LogP contribution is -2.14.